The van der Waals surface area contributed by atoms with Gasteiger partial charge in [0.15, 0.2) is 0 Å². The maximum absolute atomic E-state index is 11.6. The van der Waals surface area contributed by atoms with E-state index in [0.717, 1.165) is 25.6 Å². The van der Waals surface area contributed by atoms with Crippen molar-refractivity contribution in [2.24, 2.45) is 0 Å². The fraction of sp³-hybridized carbons (Fsp3) is 0.0667. The Morgan fingerprint density at radius 1 is 1.24 bits per heavy atom. The Morgan fingerprint density at radius 3 is 2.81 bits per heavy atom. The van der Waals surface area contributed by atoms with Gasteiger partial charge in [-0.3, -0.25) is 0 Å². The van der Waals surface area contributed by atoms with Crippen LogP contribution in [0.4, 0.5) is 0 Å². The molecule has 0 bridgehead atoms. The van der Waals surface area contributed by atoms with Crippen LogP contribution in [0.5, 0.6) is 0 Å². The Bertz CT molecular complexity index is 794. The summed E-state index contributed by atoms with van der Waals surface area (Å²) in [5, 5.41) is 4.95. The smallest absolute Gasteiger partial charge is 0.337 e. The molecule has 0 aliphatic rings. The first-order valence-corrected chi connectivity index (χ1v) is 8.61. The van der Waals surface area contributed by atoms with Crippen LogP contribution in [0, 0.1) is 0 Å². The third-order valence-electron chi connectivity index (χ3n) is 2.85. The summed E-state index contributed by atoms with van der Waals surface area (Å²) in [4.78, 5) is 17.3. The summed E-state index contributed by atoms with van der Waals surface area (Å²) >= 11 is 6.66. The first-order chi connectivity index (χ1) is 10.2. The van der Waals surface area contributed by atoms with Gasteiger partial charge in [-0.05, 0) is 34.1 Å². The number of thiazole rings is 1. The molecule has 3 rings (SSSR count). The number of nitrogens with zero attached hydrogens (tertiary/aromatic N) is 1. The first kappa shape index (κ1) is 14.4. The van der Waals surface area contributed by atoms with E-state index in [0.29, 0.717) is 5.56 Å². The number of halogens is 1. The van der Waals surface area contributed by atoms with Gasteiger partial charge < -0.3 is 4.74 Å². The second-order valence-corrected chi connectivity index (χ2v) is 6.92. The van der Waals surface area contributed by atoms with Crippen molar-refractivity contribution in [3.05, 3.63) is 51.1 Å². The Labute approximate surface area is 138 Å². The van der Waals surface area contributed by atoms with Gasteiger partial charge >= 0.3 is 5.97 Å². The van der Waals surface area contributed by atoms with E-state index in [1.807, 2.05) is 29.0 Å². The van der Waals surface area contributed by atoms with Gasteiger partial charge in [0, 0.05) is 20.8 Å². The highest BCUT2D eigenvalue weighted by atomic mass is 79.9. The van der Waals surface area contributed by atoms with Gasteiger partial charge in [-0.25, -0.2) is 9.78 Å². The SMILES string of the molecule is COC(=O)c1cccc(-c2nc(-c3cc(Br)cs3)cs2)c1. The van der Waals surface area contributed by atoms with Crippen LogP contribution in [0.1, 0.15) is 10.4 Å². The molecule has 0 saturated carbocycles. The number of ether oxygens (including phenoxy) is 1. The largest absolute Gasteiger partial charge is 0.465 e. The van der Waals surface area contributed by atoms with Gasteiger partial charge in [-0.1, -0.05) is 12.1 Å². The average Bonchev–Trinajstić information content (AvgIpc) is 3.15. The Morgan fingerprint density at radius 2 is 2.10 bits per heavy atom. The van der Waals surface area contributed by atoms with Crippen molar-refractivity contribution in [3.8, 4) is 21.1 Å². The summed E-state index contributed by atoms with van der Waals surface area (Å²) in [6.07, 6.45) is 0. The molecule has 0 unspecified atom stereocenters. The summed E-state index contributed by atoms with van der Waals surface area (Å²) in [5.74, 6) is -0.337. The first-order valence-electron chi connectivity index (χ1n) is 6.06. The van der Waals surface area contributed by atoms with Gasteiger partial charge in [0.1, 0.15) is 5.01 Å². The van der Waals surface area contributed by atoms with Crippen LogP contribution in [-0.2, 0) is 4.74 Å². The van der Waals surface area contributed by atoms with Crippen LogP contribution in [0.15, 0.2) is 45.6 Å². The Hall–Kier alpha value is -1.50. The van der Waals surface area contributed by atoms with Gasteiger partial charge in [0.05, 0.1) is 23.2 Å². The molecule has 0 radical (unpaired) electrons. The predicted molar refractivity (Wildman–Crippen MR) is 89.9 cm³/mol. The topological polar surface area (TPSA) is 39.2 Å². The maximum Gasteiger partial charge on any atom is 0.337 e. The highest BCUT2D eigenvalue weighted by Crippen LogP contribution is 2.33. The molecule has 6 heteroatoms. The molecule has 0 aliphatic heterocycles. The van der Waals surface area contributed by atoms with Gasteiger partial charge in [0.2, 0.25) is 0 Å². The molecule has 0 amide bonds. The zero-order chi connectivity index (χ0) is 14.8. The monoisotopic (exact) mass is 379 g/mol. The maximum atomic E-state index is 11.6. The highest BCUT2D eigenvalue weighted by molar-refractivity contribution is 9.10. The molecule has 0 aliphatic carbocycles. The fourth-order valence-corrected chi connectivity index (χ4v) is 4.14. The van der Waals surface area contributed by atoms with Crippen LogP contribution >= 0.6 is 38.6 Å². The lowest BCUT2D eigenvalue weighted by atomic mass is 10.1. The van der Waals surface area contributed by atoms with Crippen molar-refractivity contribution in [2.75, 3.05) is 7.11 Å². The number of carbonyl (C=O) groups excluding carboxylic acids is 1. The van der Waals surface area contributed by atoms with Gasteiger partial charge in [-0.2, -0.15) is 0 Å². The predicted octanol–water partition coefficient (Wildman–Crippen LogP) is 5.09. The summed E-state index contributed by atoms with van der Waals surface area (Å²) in [6.45, 7) is 0. The average molecular weight is 380 g/mol. The number of benzene rings is 1. The number of rotatable bonds is 3. The molecule has 2 heterocycles. The van der Waals surface area contributed by atoms with Gasteiger partial charge in [0.25, 0.3) is 0 Å². The second-order valence-electron chi connectivity index (χ2n) is 4.24. The lowest BCUT2D eigenvalue weighted by molar-refractivity contribution is 0.0601. The molecular weight excluding hydrogens is 370 g/mol. The number of aromatic nitrogens is 1. The normalized spacial score (nSPS) is 10.6. The summed E-state index contributed by atoms with van der Waals surface area (Å²) < 4.78 is 5.80. The van der Waals surface area contributed by atoms with E-state index < -0.39 is 0 Å². The molecule has 0 fully saturated rings. The van der Waals surface area contributed by atoms with E-state index in [9.17, 15) is 4.79 Å². The molecule has 3 aromatic rings. The molecular formula is C15H10BrNO2S2. The zero-order valence-corrected chi connectivity index (χ0v) is 14.2. The molecule has 3 nitrogen and oxygen atoms in total. The van der Waals surface area contributed by atoms with E-state index in [1.54, 1.807) is 34.8 Å². The van der Waals surface area contributed by atoms with Crippen LogP contribution in [0.2, 0.25) is 0 Å². The van der Waals surface area contributed by atoms with E-state index >= 15 is 0 Å². The molecule has 2 aromatic heterocycles. The van der Waals surface area contributed by atoms with E-state index in [-0.39, 0.29) is 5.97 Å². The standard InChI is InChI=1S/C15H10BrNO2S2/c1-19-15(18)10-4-2-3-9(5-10)14-17-12(8-21-14)13-6-11(16)7-20-13/h2-8H,1H3. The quantitative estimate of drug-likeness (QED) is 0.595. The van der Waals surface area contributed by atoms with Crippen LogP contribution in [0.3, 0.4) is 0 Å². The lowest BCUT2D eigenvalue weighted by Gasteiger charge is -2.01. The van der Waals surface area contributed by atoms with Crippen molar-refractivity contribution in [2.45, 2.75) is 0 Å². The van der Waals surface area contributed by atoms with E-state index in [4.69, 9.17) is 4.74 Å². The molecule has 21 heavy (non-hydrogen) atoms. The molecule has 0 N–H and O–H groups in total. The van der Waals surface area contributed by atoms with E-state index in [1.165, 1.54) is 7.11 Å². The minimum absolute atomic E-state index is 0.337. The van der Waals surface area contributed by atoms with Gasteiger partial charge in [-0.15, -0.1) is 22.7 Å². The number of carbonyl (C=O) groups is 1. The Kier molecular flexibility index (Phi) is 4.19. The zero-order valence-electron chi connectivity index (χ0n) is 11.0. The minimum atomic E-state index is -0.337. The number of hydrogen-bond donors (Lipinski definition) is 0. The molecule has 0 spiro atoms. The van der Waals surface area contributed by atoms with Crippen LogP contribution in [0.25, 0.3) is 21.1 Å². The van der Waals surface area contributed by atoms with Crippen molar-refractivity contribution >= 4 is 44.6 Å². The van der Waals surface area contributed by atoms with Crippen molar-refractivity contribution in [1.82, 2.24) is 4.98 Å². The summed E-state index contributed by atoms with van der Waals surface area (Å²) in [5.41, 5.74) is 2.41. The number of thiophene rings is 1. The third-order valence-corrected chi connectivity index (χ3v) is 5.46. The van der Waals surface area contributed by atoms with Crippen molar-refractivity contribution in [3.63, 3.8) is 0 Å². The number of esters is 1. The van der Waals surface area contributed by atoms with Crippen LogP contribution < -0.4 is 0 Å². The second kappa shape index (κ2) is 6.09. The van der Waals surface area contributed by atoms with Crippen LogP contribution in [-0.4, -0.2) is 18.1 Å². The summed E-state index contributed by atoms with van der Waals surface area (Å²) in [6, 6.07) is 9.37. The molecule has 1 aromatic carbocycles. The molecule has 0 atom stereocenters. The van der Waals surface area contributed by atoms with Crippen molar-refractivity contribution in [1.29, 1.82) is 0 Å². The highest BCUT2D eigenvalue weighted by Gasteiger charge is 2.11. The minimum Gasteiger partial charge on any atom is -0.465 e. The van der Waals surface area contributed by atoms with E-state index in [2.05, 4.69) is 20.9 Å². The number of methoxy groups -OCH3 is 1. The van der Waals surface area contributed by atoms with Crippen molar-refractivity contribution < 1.29 is 9.53 Å². The number of hydrogen-bond acceptors (Lipinski definition) is 5. The molecule has 106 valence electrons. The molecule has 0 saturated heterocycles. The fourth-order valence-electron chi connectivity index (χ4n) is 1.86. The lowest BCUT2D eigenvalue weighted by Crippen LogP contribution is -2.00. The summed E-state index contributed by atoms with van der Waals surface area (Å²) in [7, 11) is 1.38. The Balaban J connectivity index is 1.95. The third kappa shape index (κ3) is 3.07.